The summed E-state index contributed by atoms with van der Waals surface area (Å²) in [5.74, 6) is 0.541. The van der Waals surface area contributed by atoms with Gasteiger partial charge in [-0.15, -0.1) is 0 Å². The van der Waals surface area contributed by atoms with Gasteiger partial charge >= 0.3 is 0 Å². The Morgan fingerprint density at radius 2 is 2.00 bits per heavy atom. The van der Waals surface area contributed by atoms with Crippen molar-refractivity contribution < 1.29 is 4.79 Å². The molecule has 4 heteroatoms. The number of benzene rings is 1. The lowest BCUT2D eigenvalue weighted by Crippen LogP contribution is -2.37. The summed E-state index contributed by atoms with van der Waals surface area (Å²) in [7, 11) is 3.56. The summed E-state index contributed by atoms with van der Waals surface area (Å²) in [6.45, 7) is 0.710. The molecule has 0 heterocycles. The van der Waals surface area contributed by atoms with E-state index in [0.29, 0.717) is 18.5 Å². The number of hydrogen-bond donors (Lipinski definition) is 2. The highest BCUT2D eigenvalue weighted by Crippen LogP contribution is 2.28. The second-order valence-electron chi connectivity index (χ2n) is 5.78. The summed E-state index contributed by atoms with van der Waals surface area (Å²) in [5, 5.41) is 3.56. The van der Waals surface area contributed by atoms with Gasteiger partial charge in [-0.25, -0.2) is 0 Å². The van der Waals surface area contributed by atoms with Crippen molar-refractivity contribution in [1.29, 1.82) is 0 Å². The molecule has 0 bridgehead atoms. The van der Waals surface area contributed by atoms with Crippen LogP contribution in [-0.4, -0.2) is 37.5 Å². The van der Waals surface area contributed by atoms with Crippen molar-refractivity contribution in [2.45, 2.75) is 31.7 Å². The molecule has 3 N–H and O–H groups in total. The number of hydrogen-bond acceptors (Lipinski definition) is 3. The van der Waals surface area contributed by atoms with Gasteiger partial charge in [-0.2, -0.15) is 0 Å². The van der Waals surface area contributed by atoms with E-state index in [1.807, 2.05) is 24.3 Å². The predicted octanol–water partition coefficient (Wildman–Crippen LogP) is 2.32. The number of carbonyl (C=O) groups is 1. The Morgan fingerprint density at radius 3 is 2.70 bits per heavy atom. The SMILES string of the molecule is CN(C)C(=O)c1ccccc1NC1CCCCC1CN. The third-order valence-electron chi connectivity index (χ3n) is 4.12. The molecule has 2 atom stereocenters. The first-order chi connectivity index (χ1) is 9.63. The van der Waals surface area contributed by atoms with Crippen LogP contribution in [0.2, 0.25) is 0 Å². The zero-order valence-corrected chi connectivity index (χ0v) is 12.4. The van der Waals surface area contributed by atoms with Crippen molar-refractivity contribution >= 4 is 11.6 Å². The second-order valence-corrected chi connectivity index (χ2v) is 5.78. The van der Waals surface area contributed by atoms with E-state index < -0.39 is 0 Å². The lowest BCUT2D eigenvalue weighted by Gasteiger charge is -2.32. The predicted molar refractivity (Wildman–Crippen MR) is 82.9 cm³/mol. The summed E-state index contributed by atoms with van der Waals surface area (Å²) < 4.78 is 0. The summed E-state index contributed by atoms with van der Waals surface area (Å²) >= 11 is 0. The molecule has 2 rings (SSSR count). The molecular weight excluding hydrogens is 250 g/mol. The largest absolute Gasteiger partial charge is 0.381 e. The first-order valence-electron chi connectivity index (χ1n) is 7.40. The minimum atomic E-state index is 0.0354. The number of nitrogens with zero attached hydrogens (tertiary/aromatic N) is 1. The fraction of sp³-hybridized carbons (Fsp3) is 0.562. The lowest BCUT2D eigenvalue weighted by molar-refractivity contribution is 0.0828. The average molecular weight is 275 g/mol. The highest BCUT2D eigenvalue weighted by atomic mass is 16.2. The van der Waals surface area contributed by atoms with Crippen molar-refractivity contribution in [3.63, 3.8) is 0 Å². The number of para-hydroxylation sites is 1. The summed E-state index contributed by atoms with van der Waals surface area (Å²) in [6, 6.07) is 8.12. The first-order valence-corrected chi connectivity index (χ1v) is 7.40. The fourth-order valence-corrected chi connectivity index (χ4v) is 2.92. The standard InChI is InChI=1S/C16H25N3O/c1-19(2)16(20)13-8-4-6-10-15(13)18-14-9-5-3-7-12(14)11-17/h4,6,8,10,12,14,18H,3,5,7,9,11,17H2,1-2H3. The molecule has 4 nitrogen and oxygen atoms in total. The molecule has 1 saturated carbocycles. The van der Waals surface area contributed by atoms with Crippen molar-refractivity contribution in [2.24, 2.45) is 11.7 Å². The average Bonchev–Trinajstić information content (AvgIpc) is 2.47. The normalized spacial score (nSPS) is 22.4. The molecule has 1 aliphatic rings. The van der Waals surface area contributed by atoms with Crippen LogP contribution < -0.4 is 11.1 Å². The Balaban J connectivity index is 2.18. The van der Waals surface area contributed by atoms with E-state index in [1.165, 1.54) is 19.3 Å². The molecule has 1 aliphatic carbocycles. The van der Waals surface area contributed by atoms with E-state index in [4.69, 9.17) is 5.73 Å². The van der Waals surface area contributed by atoms with E-state index in [9.17, 15) is 4.79 Å². The Hall–Kier alpha value is -1.55. The monoisotopic (exact) mass is 275 g/mol. The second kappa shape index (κ2) is 6.75. The maximum Gasteiger partial charge on any atom is 0.255 e. The quantitative estimate of drug-likeness (QED) is 0.886. The van der Waals surface area contributed by atoms with E-state index in [-0.39, 0.29) is 5.91 Å². The summed E-state index contributed by atoms with van der Waals surface area (Å²) in [5.41, 5.74) is 7.54. The number of rotatable bonds is 4. The molecule has 1 aromatic rings. The van der Waals surface area contributed by atoms with Gasteiger partial charge in [0.1, 0.15) is 0 Å². The zero-order valence-electron chi connectivity index (χ0n) is 12.4. The van der Waals surface area contributed by atoms with Crippen molar-refractivity contribution in [2.75, 3.05) is 26.0 Å². The maximum atomic E-state index is 12.2. The molecule has 2 unspecified atom stereocenters. The van der Waals surface area contributed by atoms with Gasteiger partial charge in [0.05, 0.1) is 5.56 Å². The molecule has 110 valence electrons. The highest BCUT2D eigenvalue weighted by molar-refractivity contribution is 5.99. The highest BCUT2D eigenvalue weighted by Gasteiger charge is 2.25. The molecule has 0 aromatic heterocycles. The minimum absolute atomic E-state index is 0.0354. The molecule has 0 aliphatic heterocycles. The Labute approximate surface area is 121 Å². The molecule has 20 heavy (non-hydrogen) atoms. The van der Waals surface area contributed by atoms with Crippen LogP contribution in [0.5, 0.6) is 0 Å². The maximum absolute atomic E-state index is 12.2. The number of amides is 1. The Bertz CT molecular complexity index is 459. The van der Waals surface area contributed by atoms with Crippen LogP contribution in [-0.2, 0) is 0 Å². The lowest BCUT2D eigenvalue weighted by atomic mass is 9.84. The van der Waals surface area contributed by atoms with Crippen LogP contribution in [0.1, 0.15) is 36.0 Å². The van der Waals surface area contributed by atoms with Crippen LogP contribution in [0.15, 0.2) is 24.3 Å². The topological polar surface area (TPSA) is 58.4 Å². The van der Waals surface area contributed by atoms with E-state index >= 15 is 0 Å². The van der Waals surface area contributed by atoms with Gasteiger partial charge in [0.15, 0.2) is 0 Å². The van der Waals surface area contributed by atoms with Crippen molar-refractivity contribution in [3.05, 3.63) is 29.8 Å². The van der Waals surface area contributed by atoms with Gasteiger partial charge < -0.3 is 16.0 Å². The molecule has 0 radical (unpaired) electrons. The Morgan fingerprint density at radius 1 is 1.30 bits per heavy atom. The van der Waals surface area contributed by atoms with Gasteiger partial charge in [0.25, 0.3) is 5.91 Å². The van der Waals surface area contributed by atoms with Gasteiger partial charge in [-0.3, -0.25) is 4.79 Å². The first kappa shape index (κ1) is 14.9. The fourth-order valence-electron chi connectivity index (χ4n) is 2.92. The molecule has 1 aromatic carbocycles. The zero-order chi connectivity index (χ0) is 14.5. The van der Waals surface area contributed by atoms with E-state index in [1.54, 1.807) is 19.0 Å². The molecule has 0 saturated heterocycles. The van der Waals surface area contributed by atoms with Crippen LogP contribution in [0.25, 0.3) is 0 Å². The number of carbonyl (C=O) groups excluding carboxylic acids is 1. The number of nitrogens with one attached hydrogen (secondary N) is 1. The van der Waals surface area contributed by atoms with Crippen LogP contribution in [0.3, 0.4) is 0 Å². The molecule has 0 spiro atoms. The summed E-state index contributed by atoms with van der Waals surface area (Å²) in [4.78, 5) is 13.8. The smallest absolute Gasteiger partial charge is 0.255 e. The van der Waals surface area contributed by atoms with Crippen LogP contribution in [0.4, 0.5) is 5.69 Å². The third-order valence-corrected chi connectivity index (χ3v) is 4.12. The van der Waals surface area contributed by atoms with Gasteiger partial charge in [0.2, 0.25) is 0 Å². The van der Waals surface area contributed by atoms with Gasteiger partial charge in [-0.05, 0) is 37.4 Å². The van der Waals surface area contributed by atoms with E-state index in [0.717, 1.165) is 17.7 Å². The summed E-state index contributed by atoms with van der Waals surface area (Å²) in [6.07, 6.45) is 4.81. The van der Waals surface area contributed by atoms with Gasteiger partial charge in [-0.1, -0.05) is 25.0 Å². The third kappa shape index (κ3) is 3.31. The van der Waals surface area contributed by atoms with Crippen molar-refractivity contribution in [1.82, 2.24) is 4.90 Å². The number of anilines is 1. The van der Waals surface area contributed by atoms with Gasteiger partial charge in [0, 0.05) is 25.8 Å². The number of nitrogens with two attached hydrogens (primary N) is 1. The van der Waals surface area contributed by atoms with Crippen LogP contribution in [0, 0.1) is 5.92 Å². The van der Waals surface area contributed by atoms with Crippen molar-refractivity contribution in [3.8, 4) is 0 Å². The minimum Gasteiger partial charge on any atom is -0.381 e. The molecular formula is C16H25N3O. The van der Waals surface area contributed by atoms with Crippen LogP contribution >= 0.6 is 0 Å². The molecule has 1 amide bonds. The Kier molecular flexibility index (Phi) is 5.01. The molecule has 1 fully saturated rings. The van der Waals surface area contributed by atoms with E-state index in [2.05, 4.69) is 5.32 Å².